The zero-order valence-corrected chi connectivity index (χ0v) is 20.8. The summed E-state index contributed by atoms with van der Waals surface area (Å²) in [6.45, 7) is 4.82. The number of amides is 1. The molecule has 0 saturated carbocycles. The van der Waals surface area contributed by atoms with Crippen molar-refractivity contribution in [1.82, 2.24) is 15.5 Å². The fourth-order valence-electron chi connectivity index (χ4n) is 3.02. The van der Waals surface area contributed by atoms with Crippen molar-refractivity contribution in [2.24, 2.45) is 4.99 Å². The van der Waals surface area contributed by atoms with Gasteiger partial charge in [0.1, 0.15) is 12.3 Å². The number of aliphatic imine (C=N–C) groups is 1. The van der Waals surface area contributed by atoms with Gasteiger partial charge in [0, 0.05) is 44.8 Å². The van der Waals surface area contributed by atoms with E-state index in [1.165, 1.54) is 0 Å². The van der Waals surface area contributed by atoms with Gasteiger partial charge in [-0.25, -0.2) is 4.99 Å². The van der Waals surface area contributed by atoms with Crippen molar-refractivity contribution >= 4 is 53.1 Å². The second-order valence-corrected chi connectivity index (χ2v) is 7.56. The molecule has 1 aliphatic heterocycles. The molecule has 1 aromatic rings. The Morgan fingerprint density at radius 1 is 1.41 bits per heavy atom. The van der Waals surface area contributed by atoms with E-state index in [2.05, 4.69) is 27.4 Å². The van der Waals surface area contributed by atoms with Crippen molar-refractivity contribution in [3.63, 3.8) is 0 Å². The van der Waals surface area contributed by atoms with E-state index in [0.29, 0.717) is 11.0 Å². The van der Waals surface area contributed by atoms with Gasteiger partial charge < -0.3 is 25.2 Å². The quantitative estimate of drug-likeness (QED) is 0.231. The zero-order chi connectivity index (χ0) is 20.5. The van der Waals surface area contributed by atoms with Gasteiger partial charge in [-0.05, 0) is 31.0 Å². The third-order valence-electron chi connectivity index (χ3n) is 4.70. The Bertz CT molecular complexity index is 687. The smallest absolute Gasteiger partial charge is 0.243 e. The van der Waals surface area contributed by atoms with Crippen LogP contribution in [0.3, 0.4) is 0 Å². The molecule has 1 saturated heterocycles. The lowest BCUT2D eigenvalue weighted by Crippen LogP contribution is -2.45. The van der Waals surface area contributed by atoms with E-state index >= 15 is 0 Å². The highest BCUT2D eigenvalue weighted by Crippen LogP contribution is 2.33. The van der Waals surface area contributed by atoms with Crippen molar-refractivity contribution in [3.8, 4) is 5.75 Å². The van der Waals surface area contributed by atoms with Gasteiger partial charge in [-0.15, -0.1) is 24.0 Å². The Morgan fingerprint density at radius 3 is 2.83 bits per heavy atom. The van der Waals surface area contributed by atoms with Gasteiger partial charge in [-0.2, -0.15) is 0 Å². The molecule has 1 fully saturated rings. The lowest BCUT2D eigenvalue weighted by atomic mass is 10.2. The molecule has 0 aromatic heterocycles. The van der Waals surface area contributed by atoms with Crippen LogP contribution in [-0.4, -0.2) is 70.2 Å². The van der Waals surface area contributed by atoms with E-state index in [1.54, 1.807) is 26.1 Å². The fourth-order valence-corrected chi connectivity index (χ4v) is 3.19. The van der Waals surface area contributed by atoms with Gasteiger partial charge in [0.2, 0.25) is 5.91 Å². The number of benzene rings is 1. The second kappa shape index (κ2) is 13.0. The minimum absolute atomic E-state index is 0. The molecule has 1 unspecified atom stereocenters. The topological polar surface area (TPSA) is 69.2 Å². The fraction of sp³-hybridized carbons (Fsp3) is 0.600. The maximum Gasteiger partial charge on any atom is 0.243 e. The Labute approximate surface area is 196 Å². The van der Waals surface area contributed by atoms with Crippen LogP contribution in [0.5, 0.6) is 5.75 Å². The van der Waals surface area contributed by atoms with Crippen LogP contribution in [0, 0.1) is 0 Å². The van der Waals surface area contributed by atoms with E-state index in [0.717, 1.165) is 50.3 Å². The lowest BCUT2D eigenvalue weighted by Gasteiger charge is -2.22. The minimum atomic E-state index is -0.0201. The third-order valence-corrected chi connectivity index (χ3v) is 4.94. The van der Waals surface area contributed by atoms with Gasteiger partial charge in [-0.1, -0.05) is 24.9 Å². The number of nitrogens with one attached hydrogen (secondary N) is 2. The first-order valence-electron chi connectivity index (χ1n) is 9.78. The van der Waals surface area contributed by atoms with Crippen molar-refractivity contribution in [3.05, 3.63) is 23.2 Å². The highest BCUT2D eigenvalue weighted by molar-refractivity contribution is 14.0. The van der Waals surface area contributed by atoms with Gasteiger partial charge in [0.05, 0.1) is 12.8 Å². The van der Waals surface area contributed by atoms with Crippen molar-refractivity contribution in [2.75, 3.05) is 52.3 Å². The molecule has 1 aromatic carbocycles. The highest BCUT2D eigenvalue weighted by atomic mass is 127. The van der Waals surface area contributed by atoms with Gasteiger partial charge >= 0.3 is 0 Å². The number of hydrogen-bond acceptors (Lipinski definition) is 4. The molecule has 0 bridgehead atoms. The Morgan fingerprint density at radius 2 is 2.17 bits per heavy atom. The summed E-state index contributed by atoms with van der Waals surface area (Å²) in [7, 11) is 5.15. The molecule has 0 aliphatic carbocycles. The number of rotatable bonds is 8. The molecule has 0 spiro atoms. The van der Waals surface area contributed by atoms with Crippen molar-refractivity contribution < 1.29 is 9.53 Å². The van der Waals surface area contributed by atoms with E-state index in [-0.39, 0.29) is 42.5 Å². The van der Waals surface area contributed by atoms with Crippen molar-refractivity contribution in [2.45, 2.75) is 32.2 Å². The van der Waals surface area contributed by atoms with Crippen LogP contribution >= 0.6 is 35.6 Å². The van der Waals surface area contributed by atoms with Crippen LogP contribution in [0.1, 0.15) is 26.2 Å². The standard InChI is InChI=1S/C20H32ClN5O2.HI/c1-5-6-10-22-20(23-13-19(27)25(2)3)24-16-9-11-26(14-16)17-12-15(21)7-8-18(17)28-4;/h7-8,12,16H,5-6,9-11,13-14H2,1-4H3,(H2,22,23,24);1H. The Balaban J connectivity index is 0.00000420. The summed E-state index contributed by atoms with van der Waals surface area (Å²) in [5.74, 6) is 1.48. The summed E-state index contributed by atoms with van der Waals surface area (Å²) in [5.41, 5.74) is 1.000. The van der Waals surface area contributed by atoms with Gasteiger partial charge in [0.15, 0.2) is 5.96 Å². The van der Waals surface area contributed by atoms with E-state index < -0.39 is 0 Å². The SMILES string of the molecule is CCCCNC(=NCC(=O)N(C)C)NC1CCN(c2cc(Cl)ccc2OC)C1.I. The van der Waals surface area contributed by atoms with Crippen molar-refractivity contribution in [1.29, 1.82) is 0 Å². The number of likely N-dealkylation sites (N-methyl/N-ethyl adjacent to an activating group) is 1. The van der Waals surface area contributed by atoms with Crippen LogP contribution in [-0.2, 0) is 4.79 Å². The summed E-state index contributed by atoms with van der Waals surface area (Å²) in [5, 5.41) is 7.50. The van der Waals surface area contributed by atoms with Gasteiger partial charge in [-0.3, -0.25) is 4.79 Å². The Kier molecular flexibility index (Phi) is 11.5. The number of hydrogen-bond donors (Lipinski definition) is 2. The zero-order valence-electron chi connectivity index (χ0n) is 17.7. The first kappa shape index (κ1) is 25.6. The molecule has 2 N–H and O–H groups in total. The lowest BCUT2D eigenvalue weighted by molar-refractivity contribution is -0.127. The summed E-state index contributed by atoms with van der Waals surface area (Å²) >= 11 is 6.18. The van der Waals surface area contributed by atoms with Crippen LogP contribution in [0.15, 0.2) is 23.2 Å². The number of halogens is 2. The van der Waals surface area contributed by atoms with Gasteiger partial charge in [0.25, 0.3) is 0 Å². The minimum Gasteiger partial charge on any atom is -0.495 e. The molecule has 7 nitrogen and oxygen atoms in total. The maximum absolute atomic E-state index is 11.9. The number of nitrogens with zero attached hydrogens (tertiary/aromatic N) is 3. The molecule has 1 atom stereocenters. The van der Waals surface area contributed by atoms with Crippen LogP contribution in [0.2, 0.25) is 5.02 Å². The molecule has 2 rings (SSSR count). The molecular weight excluding hydrogens is 505 g/mol. The first-order valence-corrected chi connectivity index (χ1v) is 10.2. The van der Waals surface area contributed by atoms with E-state index in [1.807, 2.05) is 18.2 Å². The summed E-state index contributed by atoms with van der Waals surface area (Å²) in [4.78, 5) is 20.2. The average Bonchev–Trinajstić information content (AvgIpc) is 3.14. The highest BCUT2D eigenvalue weighted by Gasteiger charge is 2.25. The number of unbranched alkanes of at least 4 members (excludes halogenated alkanes) is 1. The summed E-state index contributed by atoms with van der Waals surface area (Å²) < 4.78 is 5.48. The number of carbonyl (C=O) groups is 1. The third kappa shape index (κ3) is 8.08. The average molecular weight is 538 g/mol. The van der Waals surface area contributed by atoms with E-state index in [9.17, 15) is 4.79 Å². The number of anilines is 1. The predicted octanol–water partition coefficient (Wildman–Crippen LogP) is 2.97. The largest absolute Gasteiger partial charge is 0.495 e. The number of methoxy groups -OCH3 is 1. The van der Waals surface area contributed by atoms with Crippen LogP contribution in [0.25, 0.3) is 0 Å². The summed E-state index contributed by atoms with van der Waals surface area (Å²) in [6.07, 6.45) is 3.12. The molecule has 9 heteroatoms. The molecule has 164 valence electrons. The monoisotopic (exact) mass is 537 g/mol. The normalized spacial score (nSPS) is 16.2. The number of carbonyl (C=O) groups excluding carboxylic acids is 1. The second-order valence-electron chi connectivity index (χ2n) is 7.13. The number of guanidine groups is 1. The molecule has 1 aliphatic rings. The maximum atomic E-state index is 11.9. The number of ether oxygens (including phenoxy) is 1. The Hall–Kier alpha value is -1.42. The molecular formula is C20H33ClIN5O2. The summed E-state index contributed by atoms with van der Waals surface area (Å²) in [6, 6.07) is 5.89. The molecule has 29 heavy (non-hydrogen) atoms. The molecule has 0 radical (unpaired) electrons. The van der Waals surface area contributed by atoms with E-state index in [4.69, 9.17) is 16.3 Å². The predicted molar refractivity (Wildman–Crippen MR) is 131 cm³/mol. The van der Waals surface area contributed by atoms with Crippen LogP contribution < -0.4 is 20.3 Å². The first-order chi connectivity index (χ1) is 13.4. The molecule has 1 amide bonds. The van der Waals surface area contributed by atoms with Crippen LogP contribution in [0.4, 0.5) is 5.69 Å². The molecule has 1 heterocycles.